The summed E-state index contributed by atoms with van der Waals surface area (Å²) in [5.74, 6) is 2.11. The lowest BCUT2D eigenvalue weighted by Gasteiger charge is -2.38. The van der Waals surface area contributed by atoms with Gasteiger partial charge in [0, 0.05) is 43.3 Å². The zero-order chi connectivity index (χ0) is 20.5. The van der Waals surface area contributed by atoms with Crippen molar-refractivity contribution in [1.29, 1.82) is 0 Å². The third-order valence-electron chi connectivity index (χ3n) is 5.65. The summed E-state index contributed by atoms with van der Waals surface area (Å²) >= 11 is 6.24. The van der Waals surface area contributed by atoms with Crippen LogP contribution in [0.15, 0.2) is 30.3 Å². The summed E-state index contributed by atoms with van der Waals surface area (Å²) in [6, 6.07) is 10.3. The van der Waals surface area contributed by atoms with Gasteiger partial charge >= 0.3 is 0 Å². The van der Waals surface area contributed by atoms with Gasteiger partial charge in [-0.2, -0.15) is 4.98 Å². The van der Waals surface area contributed by atoms with Crippen molar-refractivity contribution < 1.29 is 9.47 Å². The quantitative estimate of drug-likeness (QED) is 0.597. The van der Waals surface area contributed by atoms with E-state index in [9.17, 15) is 0 Å². The summed E-state index contributed by atoms with van der Waals surface area (Å²) in [5, 5.41) is 1.14. The molecule has 0 atom stereocenters. The molecule has 29 heavy (non-hydrogen) atoms. The summed E-state index contributed by atoms with van der Waals surface area (Å²) in [7, 11) is 3.24. The average molecular weight is 413 g/mol. The molecule has 0 spiro atoms. The number of ether oxygens (including phenoxy) is 2. The second kappa shape index (κ2) is 7.95. The van der Waals surface area contributed by atoms with Crippen LogP contribution in [-0.4, -0.2) is 50.4 Å². The largest absolute Gasteiger partial charge is 0.493 e. The molecule has 1 aromatic heterocycles. The molecule has 1 aliphatic heterocycles. The van der Waals surface area contributed by atoms with E-state index in [-0.39, 0.29) is 5.28 Å². The van der Waals surface area contributed by atoms with E-state index >= 15 is 0 Å². The number of hydrogen-bond donors (Lipinski definition) is 0. The standard InChI is InChI=1S/C22H25ClN4O2/c1-14-6-5-7-18(15(14)2)26-8-10-27(11-9-26)21-16-12-19(28-3)20(29-4)13-17(16)24-22(23)25-21/h5-7,12-13H,8-11H2,1-4H3. The van der Waals surface area contributed by atoms with Crippen molar-refractivity contribution in [2.75, 3.05) is 50.2 Å². The van der Waals surface area contributed by atoms with Crippen LogP contribution >= 0.6 is 11.6 Å². The molecule has 0 bridgehead atoms. The zero-order valence-electron chi connectivity index (χ0n) is 17.2. The highest BCUT2D eigenvalue weighted by molar-refractivity contribution is 6.28. The van der Waals surface area contributed by atoms with Gasteiger partial charge in [-0.1, -0.05) is 12.1 Å². The van der Waals surface area contributed by atoms with Crippen LogP contribution in [-0.2, 0) is 0 Å². The van der Waals surface area contributed by atoms with Crippen LogP contribution in [0.5, 0.6) is 11.5 Å². The van der Waals surface area contributed by atoms with Gasteiger partial charge in [0.2, 0.25) is 5.28 Å². The van der Waals surface area contributed by atoms with E-state index in [1.165, 1.54) is 16.8 Å². The average Bonchev–Trinajstić information content (AvgIpc) is 2.74. The number of aromatic nitrogens is 2. The summed E-state index contributed by atoms with van der Waals surface area (Å²) in [5.41, 5.74) is 4.71. The fourth-order valence-electron chi connectivity index (χ4n) is 3.89. The van der Waals surface area contributed by atoms with Crippen LogP contribution < -0.4 is 19.3 Å². The molecule has 0 saturated carbocycles. The highest BCUT2D eigenvalue weighted by atomic mass is 35.5. The van der Waals surface area contributed by atoms with Gasteiger partial charge in [0.15, 0.2) is 11.5 Å². The second-order valence-corrected chi connectivity index (χ2v) is 7.57. The predicted molar refractivity (Wildman–Crippen MR) is 118 cm³/mol. The minimum absolute atomic E-state index is 0.233. The van der Waals surface area contributed by atoms with Crippen LogP contribution in [0.25, 0.3) is 10.9 Å². The fourth-order valence-corrected chi connectivity index (χ4v) is 4.06. The topological polar surface area (TPSA) is 50.7 Å². The maximum Gasteiger partial charge on any atom is 0.224 e. The maximum absolute atomic E-state index is 6.24. The van der Waals surface area contributed by atoms with Crippen molar-refractivity contribution in [2.45, 2.75) is 13.8 Å². The fraction of sp³-hybridized carbons (Fsp3) is 0.364. The molecule has 0 unspecified atom stereocenters. The van der Waals surface area contributed by atoms with Crippen molar-refractivity contribution in [3.05, 3.63) is 46.7 Å². The molecule has 2 heterocycles. The lowest BCUT2D eigenvalue weighted by Crippen LogP contribution is -2.47. The van der Waals surface area contributed by atoms with E-state index in [4.69, 9.17) is 21.1 Å². The minimum Gasteiger partial charge on any atom is -0.493 e. The Hall–Kier alpha value is -2.73. The van der Waals surface area contributed by atoms with Crippen LogP contribution in [0.2, 0.25) is 5.28 Å². The first kappa shape index (κ1) is 19.6. The van der Waals surface area contributed by atoms with Gasteiger partial charge in [0.25, 0.3) is 0 Å². The predicted octanol–water partition coefficient (Wildman–Crippen LogP) is 4.24. The lowest BCUT2D eigenvalue weighted by atomic mass is 10.1. The number of anilines is 2. The van der Waals surface area contributed by atoms with E-state index in [0.717, 1.165) is 42.9 Å². The number of piperazine rings is 1. The van der Waals surface area contributed by atoms with E-state index in [2.05, 4.69) is 51.8 Å². The Labute approximate surface area is 176 Å². The molecule has 6 nitrogen and oxygen atoms in total. The first-order chi connectivity index (χ1) is 14.0. The number of methoxy groups -OCH3 is 2. The van der Waals surface area contributed by atoms with Crippen molar-refractivity contribution in [2.24, 2.45) is 0 Å². The van der Waals surface area contributed by atoms with E-state index in [0.29, 0.717) is 11.5 Å². The third-order valence-corrected chi connectivity index (χ3v) is 5.82. The van der Waals surface area contributed by atoms with Crippen LogP contribution in [0.4, 0.5) is 11.5 Å². The van der Waals surface area contributed by atoms with Crippen LogP contribution in [0, 0.1) is 13.8 Å². The SMILES string of the molecule is COc1cc2nc(Cl)nc(N3CCN(c4cccc(C)c4C)CC3)c2cc1OC. The molecule has 1 fully saturated rings. The molecule has 0 aliphatic carbocycles. The van der Waals surface area contributed by atoms with Gasteiger partial charge in [0.05, 0.1) is 19.7 Å². The molecule has 0 amide bonds. The molecule has 1 saturated heterocycles. The Morgan fingerprint density at radius 3 is 2.24 bits per heavy atom. The number of aryl methyl sites for hydroxylation is 1. The minimum atomic E-state index is 0.233. The molecular formula is C22H25ClN4O2. The number of benzene rings is 2. The Morgan fingerprint density at radius 1 is 0.897 bits per heavy atom. The van der Waals surface area contributed by atoms with Gasteiger partial charge in [-0.05, 0) is 48.7 Å². The summed E-state index contributed by atoms with van der Waals surface area (Å²) < 4.78 is 10.9. The van der Waals surface area contributed by atoms with Crippen molar-refractivity contribution >= 4 is 34.0 Å². The number of fused-ring (bicyclic) bond motifs is 1. The van der Waals surface area contributed by atoms with E-state index < -0.39 is 0 Å². The molecule has 0 radical (unpaired) electrons. The Morgan fingerprint density at radius 2 is 1.55 bits per heavy atom. The highest BCUT2D eigenvalue weighted by Crippen LogP contribution is 2.36. The van der Waals surface area contributed by atoms with Gasteiger partial charge < -0.3 is 19.3 Å². The van der Waals surface area contributed by atoms with E-state index in [1.54, 1.807) is 14.2 Å². The maximum atomic E-state index is 6.24. The lowest BCUT2D eigenvalue weighted by molar-refractivity contribution is 0.356. The normalized spacial score (nSPS) is 14.4. The molecule has 2 aromatic carbocycles. The first-order valence-corrected chi connectivity index (χ1v) is 10.0. The summed E-state index contributed by atoms with van der Waals surface area (Å²) in [4.78, 5) is 13.6. The van der Waals surface area contributed by atoms with E-state index in [1.807, 2.05) is 12.1 Å². The van der Waals surface area contributed by atoms with Crippen molar-refractivity contribution in [1.82, 2.24) is 9.97 Å². The van der Waals surface area contributed by atoms with Crippen LogP contribution in [0.3, 0.4) is 0 Å². The molecular weight excluding hydrogens is 388 g/mol. The molecule has 4 rings (SSSR count). The smallest absolute Gasteiger partial charge is 0.224 e. The van der Waals surface area contributed by atoms with Gasteiger partial charge in [-0.25, -0.2) is 4.98 Å². The molecule has 0 N–H and O–H groups in total. The highest BCUT2D eigenvalue weighted by Gasteiger charge is 2.23. The number of hydrogen-bond acceptors (Lipinski definition) is 6. The number of nitrogens with zero attached hydrogens (tertiary/aromatic N) is 4. The molecule has 1 aliphatic rings. The van der Waals surface area contributed by atoms with Crippen molar-refractivity contribution in [3.8, 4) is 11.5 Å². The van der Waals surface area contributed by atoms with Crippen LogP contribution in [0.1, 0.15) is 11.1 Å². The second-order valence-electron chi connectivity index (χ2n) is 7.23. The monoisotopic (exact) mass is 412 g/mol. The summed E-state index contributed by atoms with van der Waals surface area (Å²) in [6.07, 6.45) is 0. The number of halogens is 1. The first-order valence-electron chi connectivity index (χ1n) is 9.67. The molecule has 7 heteroatoms. The molecule has 3 aromatic rings. The van der Waals surface area contributed by atoms with Gasteiger partial charge in [-0.15, -0.1) is 0 Å². The van der Waals surface area contributed by atoms with Gasteiger partial charge in [0.1, 0.15) is 5.82 Å². The summed E-state index contributed by atoms with van der Waals surface area (Å²) in [6.45, 7) is 7.88. The van der Waals surface area contributed by atoms with Crippen molar-refractivity contribution in [3.63, 3.8) is 0 Å². The third kappa shape index (κ3) is 3.65. The number of rotatable bonds is 4. The molecule has 152 valence electrons. The zero-order valence-corrected chi connectivity index (χ0v) is 18.0. The Kier molecular flexibility index (Phi) is 5.37. The van der Waals surface area contributed by atoms with Gasteiger partial charge in [-0.3, -0.25) is 0 Å². The Balaban J connectivity index is 1.65. The Bertz CT molecular complexity index is 1050.